The molecule has 96 valence electrons. The smallest absolute Gasteiger partial charge is 0.108 e. The lowest BCUT2D eigenvalue weighted by Crippen LogP contribution is -2.04. The Labute approximate surface area is 108 Å². The first kappa shape index (κ1) is 12.8. The van der Waals surface area contributed by atoms with E-state index in [-0.39, 0.29) is 0 Å². The number of aryl methyl sites for hydroxylation is 4. The fourth-order valence-electron chi connectivity index (χ4n) is 2.36. The van der Waals surface area contributed by atoms with Gasteiger partial charge in [0.2, 0.25) is 0 Å². The Hall–Kier alpha value is -1.61. The Morgan fingerprint density at radius 2 is 2.00 bits per heavy atom. The third-order valence-corrected chi connectivity index (χ3v) is 3.29. The predicted molar refractivity (Wildman–Crippen MR) is 72.6 cm³/mol. The quantitative estimate of drug-likeness (QED) is 0.901. The molecular formula is C15H20N2O. The average molecular weight is 244 g/mol. The molecule has 3 nitrogen and oxygen atoms in total. The normalized spacial score (nSPS) is 12.7. The van der Waals surface area contributed by atoms with Crippen molar-refractivity contribution in [3.05, 3.63) is 52.3 Å². The molecule has 18 heavy (non-hydrogen) atoms. The number of hydrogen-bond donors (Lipinski definition) is 1. The molecule has 2 aromatic rings. The van der Waals surface area contributed by atoms with Crippen LogP contribution in [-0.4, -0.2) is 14.9 Å². The molecule has 1 N–H and O–H groups in total. The molecule has 0 saturated carbocycles. The van der Waals surface area contributed by atoms with Gasteiger partial charge >= 0.3 is 0 Å². The summed E-state index contributed by atoms with van der Waals surface area (Å²) in [6, 6.07) is 6.13. The van der Waals surface area contributed by atoms with Gasteiger partial charge in [-0.2, -0.15) is 5.10 Å². The zero-order chi connectivity index (χ0) is 13.3. The van der Waals surface area contributed by atoms with Crippen LogP contribution in [0.4, 0.5) is 0 Å². The van der Waals surface area contributed by atoms with Crippen molar-refractivity contribution in [1.82, 2.24) is 9.78 Å². The molecule has 0 saturated heterocycles. The van der Waals surface area contributed by atoms with Crippen molar-refractivity contribution < 1.29 is 5.11 Å². The van der Waals surface area contributed by atoms with E-state index in [4.69, 9.17) is 0 Å². The van der Waals surface area contributed by atoms with Gasteiger partial charge in [0.15, 0.2) is 0 Å². The zero-order valence-corrected chi connectivity index (χ0v) is 11.4. The topological polar surface area (TPSA) is 38.0 Å². The van der Waals surface area contributed by atoms with Gasteiger partial charge in [0.05, 0.1) is 5.69 Å². The summed E-state index contributed by atoms with van der Waals surface area (Å²) in [5, 5.41) is 14.9. The molecule has 1 aromatic carbocycles. The van der Waals surface area contributed by atoms with Gasteiger partial charge in [0.1, 0.15) is 6.10 Å². The van der Waals surface area contributed by atoms with Gasteiger partial charge < -0.3 is 5.11 Å². The SMILES string of the molecule is CCc1nn(C)cc1C(O)c1ccc(C)cc1C. The summed E-state index contributed by atoms with van der Waals surface area (Å²) in [6.45, 7) is 6.15. The van der Waals surface area contributed by atoms with Crippen molar-refractivity contribution in [3.8, 4) is 0 Å². The van der Waals surface area contributed by atoms with Crippen LogP contribution in [0, 0.1) is 13.8 Å². The first-order valence-corrected chi connectivity index (χ1v) is 6.30. The summed E-state index contributed by atoms with van der Waals surface area (Å²) < 4.78 is 1.76. The fraction of sp³-hybridized carbons (Fsp3) is 0.400. The van der Waals surface area contributed by atoms with Crippen LogP contribution in [0.3, 0.4) is 0 Å². The highest BCUT2D eigenvalue weighted by molar-refractivity contribution is 5.38. The van der Waals surface area contributed by atoms with E-state index in [9.17, 15) is 5.11 Å². The molecule has 2 rings (SSSR count). The molecule has 3 heteroatoms. The molecule has 0 aliphatic carbocycles. The van der Waals surface area contributed by atoms with E-state index in [1.807, 2.05) is 32.3 Å². The minimum atomic E-state index is -0.589. The van der Waals surface area contributed by atoms with Gasteiger partial charge in [0, 0.05) is 18.8 Å². The van der Waals surface area contributed by atoms with Gasteiger partial charge in [-0.3, -0.25) is 4.68 Å². The summed E-state index contributed by atoms with van der Waals surface area (Å²) >= 11 is 0. The predicted octanol–water partition coefficient (Wildman–Crippen LogP) is 2.68. The summed E-state index contributed by atoms with van der Waals surface area (Å²) in [6.07, 6.45) is 2.15. The molecule has 0 bridgehead atoms. The van der Waals surface area contributed by atoms with E-state index in [1.165, 1.54) is 5.56 Å². The van der Waals surface area contributed by atoms with Crippen LogP contribution < -0.4 is 0 Å². The summed E-state index contributed by atoms with van der Waals surface area (Å²) in [5.74, 6) is 0. The number of aromatic nitrogens is 2. The lowest BCUT2D eigenvalue weighted by Gasteiger charge is -2.14. The standard InChI is InChI=1S/C15H20N2O/c1-5-14-13(9-17(4)16-14)15(18)12-7-6-10(2)8-11(12)3/h6-9,15,18H,5H2,1-4H3. The van der Waals surface area contributed by atoms with Crippen LogP contribution in [-0.2, 0) is 13.5 Å². The largest absolute Gasteiger partial charge is 0.384 e. The van der Waals surface area contributed by atoms with Crippen LogP contribution in [0.15, 0.2) is 24.4 Å². The van der Waals surface area contributed by atoms with E-state index in [1.54, 1.807) is 4.68 Å². The van der Waals surface area contributed by atoms with Crippen molar-refractivity contribution in [3.63, 3.8) is 0 Å². The number of benzene rings is 1. The van der Waals surface area contributed by atoms with Gasteiger partial charge in [-0.15, -0.1) is 0 Å². The van der Waals surface area contributed by atoms with Crippen LogP contribution >= 0.6 is 0 Å². The minimum absolute atomic E-state index is 0.589. The van der Waals surface area contributed by atoms with Crippen LogP contribution in [0.2, 0.25) is 0 Å². The first-order valence-electron chi connectivity index (χ1n) is 6.30. The highest BCUT2D eigenvalue weighted by Gasteiger charge is 2.18. The lowest BCUT2D eigenvalue weighted by molar-refractivity contribution is 0.218. The highest BCUT2D eigenvalue weighted by Crippen LogP contribution is 2.27. The molecule has 0 spiro atoms. The van der Waals surface area contributed by atoms with Crippen LogP contribution in [0.1, 0.15) is 41.0 Å². The van der Waals surface area contributed by atoms with Crippen molar-refractivity contribution >= 4 is 0 Å². The first-order chi connectivity index (χ1) is 8.52. The van der Waals surface area contributed by atoms with Crippen LogP contribution in [0.25, 0.3) is 0 Å². The Balaban J connectivity index is 2.43. The maximum atomic E-state index is 10.5. The maximum absolute atomic E-state index is 10.5. The van der Waals surface area contributed by atoms with E-state index >= 15 is 0 Å². The Bertz CT molecular complexity index is 558. The number of nitrogens with zero attached hydrogens (tertiary/aromatic N) is 2. The zero-order valence-electron chi connectivity index (χ0n) is 11.4. The number of aliphatic hydroxyl groups excluding tert-OH is 1. The molecule has 1 aromatic heterocycles. The van der Waals surface area contributed by atoms with Gasteiger partial charge in [-0.25, -0.2) is 0 Å². The molecule has 1 atom stereocenters. The van der Waals surface area contributed by atoms with Gasteiger partial charge in [0.25, 0.3) is 0 Å². The number of aliphatic hydroxyl groups is 1. The Morgan fingerprint density at radius 1 is 1.28 bits per heavy atom. The summed E-state index contributed by atoms with van der Waals surface area (Å²) in [4.78, 5) is 0. The number of rotatable bonds is 3. The van der Waals surface area contributed by atoms with Crippen molar-refractivity contribution in [2.45, 2.75) is 33.3 Å². The second-order valence-electron chi connectivity index (χ2n) is 4.82. The fourth-order valence-corrected chi connectivity index (χ4v) is 2.36. The van der Waals surface area contributed by atoms with E-state index in [2.05, 4.69) is 25.0 Å². The molecule has 0 fully saturated rings. The molecule has 0 aliphatic rings. The lowest BCUT2D eigenvalue weighted by atomic mass is 9.96. The highest BCUT2D eigenvalue weighted by atomic mass is 16.3. The molecule has 0 radical (unpaired) electrons. The Kier molecular flexibility index (Phi) is 3.53. The van der Waals surface area contributed by atoms with E-state index in [0.717, 1.165) is 28.8 Å². The summed E-state index contributed by atoms with van der Waals surface area (Å²) in [7, 11) is 1.89. The maximum Gasteiger partial charge on any atom is 0.108 e. The molecule has 1 unspecified atom stereocenters. The van der Waals surface area contributed by atoms with Gasteiger partial charge in [-0.05, 0) is 31.4 Å². The van der Waals surface area contributed by atoms with E-state index in [0.29, 0.717) is 0 Å². The third kappa shape index (κ3) is 2.31. The second kappa shape index (κ2) is 4.94. The number of hydrogen-bond acceptors (Lipinski definition) is 2. The molecule has 0 aliphatic heterocycles. The van der Waals surface area contributed by atoms with Crippen molar-refractivity contribution in [2.75, 3.05) is 0 Å². The van der Waals surface area contributed by atoms with Crippen LogP contribution in [0.5, 0.6) is 0 Å². The molecular weight excluding hydrogens is 224 g/mol. The monoisotopic (exact) mass is 244 g/mol. The second-order valence-corrected chi connectivity index (χ2v) is 4.82. The van der Waals surface area contributed by atoms with Crippen molar-refractivity contribution in [1.29, 1.82) is 0 Å². The molecule has 1 heterocycles. The third-order valence-electron chi connectivity index (χ3n) is 3.29. The summed E-state index contributed by atoms with van der Waals surface area (Å²) in [5.41, 5.74) is 5.17. The molecule has 0 amide bonds. The minimum Gasteiger partial charge on any atom is -0.384 e. The average Bonchev–Trinajstić information content (AvgIpc) is 2.69. The Morgan fingerprint density at radius 3 is 2.61 bits per heavy atom. The van der Waals surface area contributed by atoms with Gasteiger partial charge in [-0.1, -0.05) is 30.7 Å². The van der Waals surface area contributed by atoms with E-state index < -0.39 is 6.10 Å². The van der Waals surface area contributed by atoms with Crippen molar-refractivity contribution in [2.24, 2.45) is 7.05 Å².